The SMILES string of the molecule is CC1CCCN(C(=O)c2nc(C(=O)NCc3ccncc3)c3n2CCCC3)C1. The van der Waals surface area contributed by atoms with Crippen LogP contribution in [0.5, 0.6) is 0 Å². The second-order valence-corrected chi connectivity index (χ2v) is 7.88. The Kier molecular flexibility index (Phi) is 5.41. The third kappa shape index (κ3) is 3.79. The number of aromatic nitrogens is 3. The lowest BCUT2D eigenvalue weighted by Gasteiger charge is -2.31. The van der Waals surface area contributed by atoms with Crippen molar-refractivity contribution in [1.82, 2.24) is 24.8 Å². The number of pyridine rings is 1. The minimum atomic E-state index is -0.214. The number of carbonyl (C=O) groups is 2. The van der Waals surface area contributed by atoms with Gasteiger partial charge in [0.05, 0.1) is 5.69 Å². The summed E-state index contributed by atoms with van der Waals surface area (Å²) in [6.07, 6.45) is 8.41. The molecule has 0 aliphatic carbocycles. The lowest BCUT2D eigenvalue weighted by Crippen LogP contribution is -2.40. The first-order valence-electron chi connectivity index (χ1n) is 10.2. The summed E-state index contributed by atoms with van der Waals surface area (Å²) < 4.78 is 1.98. The molecule has 2 aliphatic heterocycles. The number of nitrogens with one attached hydrogen (secondary N) is 1. The summed E-state index contributed by atoms with van der Waals surface area (Å²) in [5.41, 5.74) is 2.28. The number of hydrogen-bond acceptors (Lipinski definition) is 4. The van der Waals surface area contributed by atoms with Crippen molar-refractivity contribution < 1.29 is 9.59 Å². The van der Waals surface area contributed by atoms with Gasteiger partial charge in [-0.05, 0) is 55.7 Å². The van der Waals surface area contributed by atoms with Crippen LogP contribution in [0, 0.1) is 5.92 Å². The third-order valence-electron chi connectivity index (χ3n) is 5.67. The largest absolute Gasteiger partial charge is 0.347 e. The number of rotatable bonds is 4. The number of fused-ring (bicyclic) bond motifs is 1. The van der Waals surface area contributed by atoms with Gasteiger partial charge in [0.1, 0.15) is 5.69 Å². The Morgan fingerprint density at radius 1 is 1.18 bits per heavy atom. The van der Waals surface area contributed by atoms with Crippen molar-refractivity contribution in [3.8, 4) is 0 Å². The van der Waals surface area contributed by atoms with E-state index in [1.54, 1.807) is 12.4 Å². The highest BCUT2D eigenvalue weighted by Gasteiger charge is 2.31. The summed E-state index contributed by atoms with van der Waals surface area (Å²) in [5, 5.41) is 2.94. The van der Waals surface area contributed by atoms with Gasteiger partial charge in [0.2, 0.25) is 0 Å². The van der Waals surface area contributed by atoms with E-state index in [0.29, 0.717) is 24.0 Å². The van der Waals surface area contributed by atoms with Crippen LogP contribution in [0.3, 0.4) is 0 Å². The first kappa shape index (κ1) is 18.7. The number of imidazole rings is 1. The summed E-state index contributed by atoms with van der Waals surface area (Å²) in [5.74, 6) is 0.686. The maximum atomic E-state index is 13.1. The van der Waals surface area contributed by atoms with Crippen LogP contribution in [0.4, 0.5) is 0 Å². The van der Waals surface area contributed by atoms with E-state index in [1.807, 2.05) is 21.6 Å². The van der Waals surface area contributed by atoms with E-state index in [-0.39, 0.29) is 11.8 Å². The Hall–Kier alpha value is -2.70. The molecule has 1 atom stereocenters. The quantitative estimate of drug-likeness (QED) is 0.882. The van der Waals surface area contributed by atoms with E-state index in [9.17, 15) is 9.59 Å². The van der Waals surface area contributed by atoms with Gasteiger partial charge in [-0.1, -0.05) is 6.92 Å². The average Bonchev–Trinajstić information content (AvgIpc) is 3.12. The van der Waals surface area contributed by atoms with Crippen molar-refractivity contribution in [3.63, 3.8) is 0 Å². The molecule has 148 valence electrons. The highest BCUT2D eigenvalue weighted by Crippen LogP contribution is 2.24. The predicted molar refractivity (Wildman–Crippen MR) is 105 cm³/mol. The van der Waals surface area contributed by atoms with Gasteiger partial charge < -0.3 is 14.8 Å². The second kappa shape index (κ2) is 8.12. The summed E-state index contributed by atoms with van der Waals surface area (Å²) in [6.45, 7) is 4.89. The summed E-state index contributed by atoms with van der Waals surface area (Å²) in [4.78, 5) is 36.4. The number of carbonyl (C=O) groups excluding carboxylic acids is 2. The van der Waals surface area contributed by atoms with E-state index in [1.165, 1.54) is 0 Å². The van der Waals surface area contributed by atoms with Crippen LogP contribution in [-0.4, -0.2) is 44.3 Å². The van der Waals surface area contributed by atoms with Gasteiger partial charge in [-0.3, -0.25) is 14.6 Å². The average molecular weight is 381 g/mol. The van der Waals surface area contributed by atoms with Crippen molar-refractivity contribution in [2.24, 2.45) is 5.92 Å². The molecular weight excluding hydrogens is 354 g/mol. The van der Waals surface area contributed by atoms with Crippen LogP contribution < -0.4 is 5.32 Å². The monoisotopic (exact) mass is 381 g/mol. The van der Waals surface area contributed by atoms with Gasteiger partial charge in [0.15, 0.2) is 5.82 Å². The molecule has 7 heteroatoms. The molecule has 0 spiro atoms. The lowest BCUT2D eigenvalue weighted by atomic mass is 10.0. The molecule has 1 N–H and O–H groups in total. The van der Waals surface area contributed by atoms with Gasteiger partial charge in [-0.15, -0.1) is 0 Å². The van der Waals surface area contributed by atoms with Crippen molar-refractivity contribution in [2.45, 2.75) is 52.1 Å². The van der Waals surface area contributed by atoms with Gasteiger partial charge >= 0.3 is 0 Å². The molecule has 1 saturated heterocycles. The zero-order chi connectivity index (χ0) is 19.5. The number of likely N-dealkylation sites (tertiary alicyclic amines) is 1. The molecule has 1 fully saturated rings. The zero-order valence-electron chi connectivity index (χ0n) is 16.4. The number of nitrogens with zero attached hydrogens (tertiary/aromatic N) is 4. The molecule has 2 aromatic rings. The molecule has 4 heterocycles. The molecule has 2 amide bonds. The molecule has 4 rings (SSSR count). The zero-order valence-corrected chi connectivity index (χ0v) is 16.4. The maximum Gasteiger partial charge on any atom is 0.289 e. The Bertz CT molecular complexity index is 861. The van der Waals surface area contributed by atoms with Crippen LogP contribution in [0.2, 0.25) is 0 Å². The van der Waals surface area contributed by atoms with Crippen LogP contribution in [0.25, 0.3) is 0 Å². The standard InChI is InChI=1S/C21H27N5O2/c1-15-5-4-11-25(14-15)21(28)19-24-18(17-6-2-3-12-26(17)19)20(27)23-13-16-7-9-22-10-8-16/h7-10,15H,2-6,11-14H2,1H3,(H,23,27). The Balaban J connectivity index is 1.56. The van der Waals surface area contributed by atoms with Crippen molar-refractivity contribution in [2.75, 3.05) is 13.1 Å². The third-order valence-corrected chi connectivity index (χ3v) is 5.67. The van der Waals surface area contributed by atoms with Crippen molar-refractivity contribution in [3.05, 3.63) is 47.3 Å². The predicted octanol–water partition coefficient (Wildman–Crippen LogP) is 2.42. The molecule has 0 saturated carbocycles. The molecule has 0 bridgehead atoms. The number of amides is 2. The Morgan fingerprint density at radius 3 is 2.79 bits per heavy atom. The second-order valence-electron chi connectivity index (χ2n) is 7.88. The fourth-order valence-corrected chi connectivity index (χ4v) is 4.17. The van der Waals surface area contributed by atoms with E-state index in [4.69, 9.17) is 0 Å². The van der Waals surface area contributed by atoms with Crippen molar-refractivity contribution in [1.29, 1.82) is 0 Å². The van der Waals surface area contributed by atoms with Gasteiger partial charge in [-0.2, -0.15) is 0 Å². The molecule has 2 aromatic heterocycles. The van der Waals surface area contributed by atoms with Crippen LogP contribution >= 0.6 is 0 Å². The van der Waals surface area contributed by atoms with Gasteiger partial charge in [0.25, 0.3) is 11.8 Å². The Labute approximate surface area is 165 Å². The molecule has 0 aromatic carbocycles. The Morgan fingerprint density at radius 2 is 2.00 bits per heavy atom. The van der Waals surface area contributed by atoms with Crippen LogP contribution in [0.1, 0.15) is 65.0 Å². The summed E-state index contributed by atoms with van der Waals surface area (Å²) in [7, 11) is 0. The maximum absolute atomic E-state index is 13.1. The van der Waals surface area contributed by atoms with E-state index >= 15 is 0 Å². The molecule has 2 aliphatic rings. The molecule has 7 nitrogen and oxygen atoms in total. The smallest absolute Gasteiger partial charge is 0.289 e. The minimum absolute atomic E-state index is 0.0390. The number of hydrogen-bond donors (Lipinski definition) is 1. The highest BCUT2D eigenvalue weighted by atomic mass is 16.2. The fourth-order valence-electron chi connectivity index (χ4n) is 4.17. The van der Waals surface area contributed by atoms with Crippen molar-refractivity contribution >= 4 is 11.8 Å². The number of piperidine rings is 1. The van der Waals surface area contributed by atoms with E-state index in [0.717, 1.165) is 63.0 Å². The van der Waals surface area contributed by atoms with Gasteiger partial charge in [0, 0.05) is 38.6 Å². The molecular formula is C21H27N5O2. The lowest BCUT2D eigenvalue weighted by molar-refractivity contribution is 0.0664. The van der Waals surface area contributed by atoms with E-state index in [2.05, 4.69) is 22.2 Å². The fraction of sp³-hybridized carbons (Fsp3) is 0.524. The normalized spacial score (nSPS) is 19.2. The van der Waals surface area contributed by atoms with Gasteiger partial charge in [-0.25, -0.2) is 4.98 Å². The first-order chi connectivity index (χ1) is 13.6. The minimum Gasteiger partial charge on any atom is -0.347 e. The van der Waals surface area contributed by atoms with Crippen LogP contribution in [-0.2, 0) is 19.5 Å². The highest BCUT2D eigenvalue weighted by molar-refractivity contribution is 5.97. The first-order valence-corrected chi connectivity index (χ1v) is 10.2. The molecule has 0 radical (unpaired) electrons. The van der Waals surface area contributed by atoms with Crippen LogP contribution in [0.15, 0.2) is 24.5 Å². The molecule has 1 unspecified atom stereocenters. The topological polar surface area (TPSA) is 80.1 Å². The van der Waals surface area contributed by atoms with E-state index < -0.39 is 0 Å². The summed E-state index contributed by atoms with van der Waals surface area (Å²) in [6, 6.07) is 3.74. The summed E-state index contributed by atoms with van der Waals surface area (Å²) >= 11 is 0. The molecule has 28 heavy (non-hydrogen) atoms.